The molecule has 1 N–H and O–H groups in total. The quantitative estimate of drug-likeness (QED) is 0.210. The number of H-pyrrole nitrogens is 1. The Morgan fingerprint density at radius 2 is 1.72 bits per heavy atom. The van der Waals surface area contributed by atoms with E-state index in [9.17, 15) is 4.79 Å². The maximum atomic E-state index is 13.9. The maximum Gasteiger partial charge on any atom is 0.253 e. The predicted molar refractivity (Wildman–Crippen MR) is 165 cm³/mol. The number of tetrazole rings is 1. The Morgan fingerprint density at radius 1 is 0.930 bits per heavy atom. The van der Waals surface area contributed by atoms with Gasteiger partial charge in [-0.2, -0.15) is 0 Å². The Labute approximate surface area is 249 Å². The molecule has 0 saturated carbocycles. The van der Waals surface area contributed by atoms with Gasteiger partial charge in [-0.1, -0.05) is 42.5 Å². The molecule has 9 nitrogen and oxygen atoms in total. The van der Waals surface area contributed by atoms with E-state index in [-0.39, 0.29) is 5.56 Å². The largest absolute Gasteiger partial charge is 0.497 e. The summed E-state index contributed by atoms with van der Waals surface area (Å²) < 4.78 is 13.0. The summed E-state index contributed by atoms with van der Waals surface area (Å²) >= 11 is 0. The Balaban J connectivity index is 1.48. The number of benzene rings is 3. The second-order valence-corrected chi connectivity index (χ2v) is 10.8. The highest BCUT2D eigenvalue weighted by Crippen LogP contribution is 2.31. The summed E-state index contributed by atoms with van der Waals surface area (Å²) in [6, 6.07) is 27.5. The maximum absolute atomic E-state index is 13.9. The molecule has 0 aliphatic carbocycles. The average molecular weight is 575 g/mol. The molecule has 6 rings (SSSR count). The molecular weight excluding hydrogens is 540 g/mol. The molecular formula is C34H34N6O3. The van der Waals surface area contributed by atoms with E-state index < -0.39 is 6.04 Å². The predicted octanol–water partition coefficient (Wildman–Crippen LogP) is 5.77. The second-order valence-electron chi connectivity index (χ2n) is 10.8. The van der Waals surface area contributed by atoms with Gasteiger partial charge in [0.1, 0.15) is 17.6 Å². The van der Waals surface area contributed by atoms with Gasteiger partial charge in [0.25, 0.3) is 5.56 Å². The Morgan fingerprint density at radius 3 is 2.47 bits per heavy atom. The van der Waals surface area contributed by atoms with Crippen molar-refractivity contribution in [1.82, 2.24) is 30.1 Å². The number of methoxy groups -OCH3 is 1. The fourth-order valence-corrected chi connectivity index (χ4v) is 5.45. The van der Waals surface area contributed by atoms with Crippen LogP contribution in [0.25, 0.3) is 10.9 Å². The van der Waals surface area contributed by atoms with Crippen molar-refractivity contribution in [2.75, 3.05) is 7.11 Å². The van der Waals surface area contributed by atoms with Gasteiger partial charge in [0, 0.05) is 24.2 Å². The van der Waals surface area contributed by atoms with Gasteiger partial charge in [-0.15, -0.1) is 5.10 Å². The number of fused-ring (bicyclic) bond motifs is 1. The Bertz CT molecular complexity index is 1860. The van der Waals surface area contributed by atoms with Crippen molar-refractivity contribution < 1.29 is 9.15 Å². The number of aryl methyl sites for hydroxylation is 4. The smallest absolute Gasteiger partial charge is 0.253 e. The first-order valence-electron chi connectivity index (χ1n) is 14.3. The van der Waals surface area contributed by atoms with E-state index in [4.69, 9.17) is 9.15 Å². The van der Waals surface area contributed by atoms with Gasteiger partial charge in [0.2, 0.25) is 0 Å². The minimum absolute atomic E-state index is 0.183. The SMILES string of the molecule is COc1ccc(CN(Cc2ccco2)[C@H](c2cc3cc(C)c(C)cc3[nH]c2=O)c2nnnn2CCc2ccccc2)cc1. The van der Waals surface area contributed by atoms with Crippen molar-refractivity contribution in [2.45, 2.75) is 45.9 Å². The zero-order valence-electron chi connectivity index (χ0n) is 24.5. The first-order valence-corrected chi connectivity index (χ1v) is 14.3. The van der Waals surface area contributed by atoms with Gasteiger partial charge in [-0.3, -0.25) is 9.69 Å². The van der Waals surface area contributed by atoms with E-state index in [1.54, 1.807) is 13.4 Å². The van der Waals surface area contributed by atoms with Gasteiger partial charge >= 0.3 is 0 Å². The third-order valence-corrected chi connectivity index (χ3v) is 7.89. The van der Waals surface area contributed by atoms with Crippen LogP contribution in [0.5, 0.6) is 5.75 Å². The molecule has 0 saturated heterocycles. The molecule has 9 heteroatoms. The molecule has 6 aromatic rings. The highest BCUT2D eigenvalue weighted by atomic mass is 16.5. The molecule has 0 bridgehead atoms. The molecule has 1 atom stereocenters. The zero-order chi connectivity index (χ0) is 29.8. The van der Waals surface area contributed by atoms with Crippen LogP contribution in [0, 0.1) is 13.8 Å². The lowest BCUT2D eigenvalue weighted by Crippen LogP contribution is -2.35. The van der Waals surface area contributed by atoms with Gasteiger partial charge in [-0.05, 0) is 101 Å². The van der Waals surface area contributed by atoms with Crippen molar-refractivity contribution in [2.24, 2.45) is 0 Å². The Kier molecular flexibility index (Phi) is 8.15. The number of ether oxygens (including phenoxy) is 1. The molecule has 3 aromatic heterocycles. The van der Waals surface area contributed by atoms with E-state index in [1.165, 1.54) is 5.56 Å². The molecule has 0 aliphatic rings. The van der Waals surface area contributed by atoms with Crippen LogP contribution in [0.1, 0.15) is 45.4 Å². The van der Waals surface area contributed by atoms with Crippen LogP contribution in [0.2, 0.25) is 0 Å². The van der Waals surface area contributed by atoms with Gasteiger partial charge in [0.15, 0.2) is 5.82 Å². The molecule has 3 aromatic carbocycles. The third-order valence-electron chi connectivity index (χ3n) is 7.89. The fourth-order valence-electron chi connectivity index (χ4n) is 5.45. The van der Waals surface area contributed by atoms with Crippen molar-refractivity contribution in [3.63, 3.8) is 0 Å². The minimum atomic E-state index is -0.576. The van der Waals surface area contributed by atoms with Gasteiger partial charge in [-0.25, -0.2) is 4.68 Å². The summed E-state index contributed by atoms with van der Waals surface area (Å²) in [4.78, 5) is 19.2. The molecule has 0 unspecified atom stereocenters. The van der Waals surface area contributed by atoms with Crippen LogP contribution >= 0.6 is 0 Å². The summed E-state index contributed by atoms with van der Waals surface area (Å²) in [6.45, 7) is 5.62. The summed E-state index contributed by atoms with van der Waals surface area (Å²) in [5, 5.41) is 14.0. The molecule has 0 radical (unpaired) electrons. The zero-order valence-corrected chi connectivity index (χ0v) is 24.5. The van der Waals surface area contributed by atoms with Crippen LogP contribution in [-0.4, -0.2) is 37.2 Å². The average Bonchev–Trinajstić information content (AvgIpc) is 3.71. The monoisotopic (exact) mass is 574 g/mol. The highest BCUT2D eigenvalue weighted by Gasteiger charge is 2.31. The highest BCUT2D eigenvalue weighted by molar-refractivity contribution is 5.81. The van der Waals surface area contributed by atoms with E-state index in [2.05, 4.69) is 50.5 Å². The number of hydrogen-bond donors (Lipinski definition) is 1. The first-order chi connectivity index (χ1) is 21.0. The standard InChI is InChI=1S/C34H34N6O3/c1-23-18-27-20-30(34(41)35-31(27)19-24(23)2)32(33-36-37-38-40(33)16-15-25-8-5-4-6-9-25)39(22-29-10-7-17-43-29)21-26-11-13-28(42-3)14-12-26/h4-14,17-20,32H,15-16,21-22H2,1-3H3,(H,35,41)/t32-/m1/s1. The van der Waals surface area contributed by atoms with Crippen molar-refractivity contribution >= 4 is 10.9 Å². The number of pyridine rings is 1. The van der Waals surface area contributed by atoms with E-state index in [0.29, 0.717) is 31.0 Å². The number of nitrogens with zero attached hydrogens (tertiary/aromatic N) is 5. The number of nitrogens with one attached hydrogen (secondary N) is 1. The normalized spacial score (nSPS) is 12.2. The topological polar surface area (TPSA) is 102 Å². The summed E-state index contributed by atoms with van der Waals surface area (Å²) in [6.07, 6.45) is 2.41. The van der Waals surface area contributed by atoms with Crippen LogP contribution in [0.3, 0.4) is 0 Å². The molecule has 43 heavy (non-hydrogen) atoms. The molecule has 218 valence electrons. The van der Waals surface area contributed by atoms with Crippen molar-refractivity contribution in [1.29, 1.82) is 0 Å². The molecule has 0 aliphatic heterocycles. The van der Waals surface area contributed by atoms with Crippen LogP contribution in [-0.2, 0) is 26.1 Å². The molecule has 0 spiro atoms. The lowest BCUT2D eigenvalue weighted by atomic mass is 10.00. The number of rotatable bonds is 11. The van der Waals surface area contributed by atoms with Crippen LogP contribution < -0.4 is 10.3 Å². The van der Waals surface area contributed by atoms with E-state index in [0.717, 1.165) is 45.5 Å². The third kappa shape index (κ3) is 6.27. The second kappa shape index (κ2) is 12.5. The minimum Gasteiger partial charge on any atom is -0.497 e. The summed E-state index contributed by atoms with van der Waals surface area (Å²) in [5.74, 6) is 2.13. The number of hydrogen-bond acceptors (Lipinski definition) is 7. The van der Waals surface area contributed by atoms with Gasteiger partial charge < -0.3 is 14.1 Å². The summed E-state index contributed by atoms with van der Waals surface area (Å²) in [7, 11) is 1.65. The first kappa shape index (κ1) is 28.1. The lowest BCUT2D eigenvalue weighted by molar-refractivity contribution is 0.178. The summed E-state index contributed by atoms with van der Waals surface area (Å²) in [5.41, 5.74) is 5.68. The van der Waals surface area contributed by atoms with Crippen LogP contribution in [0.4, 0.5) is 0 Å². The van der Waals surface area contributed by atoms with E-state index >= 15 is 0 Å². The number of furan rings is 1. The van der Waals surface area contributed by atoms with Crippen molar-refractivity contribution in [3.05, 3.63) is 141 Å². The molecule has 0 amide bonds. The Hall–Kier alpha value is -5.02. The van der Waals surface area contributed by atoms with E-state index in [1.807, 2.05) is 78.3 Å². The fraction of sp³-hybridized carbons (Fsp3) is 0.235. The lowest BCUT2D eigenvalue weighted by Gasteiger charge is -2.30. The number of aromatic amines is 1. The van der Waals surface area contributed by atoms with Crippen molar-refractivity contribution in [3.8, 4) is 5.75 Å². The molecule has 0 fully saturated rings. The molecule has 3 heterocycles. The number of aromatic nitrogens is 5. The van der Waals surface area contributed by atoms with Crippen LogP contribution in [0.15, 0.2) is 100 Å². The van der Waals surface area contributed by atoms with Gasteiger partial charge in [0.05, 0.1) is 19.9 Å².